The van der Waals surface area contributed by atoms with Gasteiger partial charge in [-0.05, 0) is 50.1 Å². The number of aromatic nitrogens is 1. The minimum absolute atomic E-state index is 0.217. The summed E-state index contributed by atoms with van der Waals surface area (Å²) < 4.78 is 11.2. The number of hydrogen-bond donors (Lipinski definition) is 1. The van der Waals surface area contributed by atoms with Crippen molar-refractivity contribution >= 4 is 5.82 Å². The molecule has 1 aromatic heterocycles. The summed E-state index contributed by atoms with van der Waals surface area (Å²) in [4.78, 5) is 6.72. The van der Waals surface area contributed by atoms with E-state index >= 15 is 0 Å². The SMILES string of the molecule is CC(C)N(C)c1ccc(CN[C@H](C)c2ccc3c(c2)OCCO3)cn1. The highest BCUT2D eigenvalue weighted by atomic mass is 16.6. The van der Waals surface area contributed by atoms with Crippen LogP contribution < -0.4 is 19.7 Å². The molecule has 1 N–H and O–H groups in total. The van der Waals surface area contributed by atoms with Gasteiger partial charge in [0.15, 0.2) is 11.5 Å². The van der Waals surface area contributed by atoms with E-state index in [9.17, 15) is 0 Å². The number of nitrogens with one attached hydrogen (secondary N) is 1. The average molecular weight is 341 g/mol. The molecule has 3 rings (SSSR count). The van der Waals surface area contributed by atoms with Crippen LogP contribution in [0.5, 0.6) is 11.5 Å². The van der Waals surface area contributed by atoms with Crippen molar-refractivity contribution in [2.75, 3.05) is 25.2 Å². The third-order valence-electron chi connectivity index (χ3n) is 4.62. The zero-order chi connectivity index (χ0) is 17.8. The quantitative estimate of drug-likeness (QED) is 0.871. The number of pyridine rings is 1. The summed E-state index contributed by atoms with van der Waals surface area (Å²) in [6, 6.07) is 11.0. The number of anilines is 1. The van der Waals surface area contributed by atoms with Crippen molar-refractivity contribution < 1.29 is 9.47 Å². The number of nitrogens with zero attached hydrogens (tertiary/aromatic N) is 2. The normalized spacial score (nSPS) is 14.4. The molecule has 0 bridgehead atoms. The maximum Gasteiger partial charge on any atom is 0.161 e. The van der Waals surface area contributed by atoms with E-state index in [0.717, 1.165) is 23.9 Å². The first-order valence-corrected chi connectivity index (χ1v) is 8.85. The fourth-order valence-corrected chi connectivity index (χ4v) is 2.71. The second kappa shape index (κ2) is 7.74. The van der Waals surface area contributed by atoms with Crippen molar-refractivity contribution in [3.8, 4) is 11.5 Å². The molecule has 1 aliphatic heterocycles. The summed E-state index contributed by atoms with van der Waals surface area (Å²) in [6.07, 6.45) is 1.94. The van der Waals surface area contributed by atoms with Crippen molar-refractivity contribution in [3.05, 3.63) is 47.7 Å². The summed E-state index contributed by atoms with van der Waals surface area (Å²) in [5.74, 6) is 2.66. The molecule has 0 amide bonds. The van der Waals surface area contributed by atoms with Crippen LogP contribution in [0.3, 0.4) is 0 Å². The van der Waals surface area contributed by atoms with Crippen LogP contribution in [0.15, 0.2) is 36.5 Å². The first-order valence-electron chi connectivity index (χ1n) is 8.85. The Bertz CT molecular complexity index is 701. The van der Waals surface area contributed by atoms with Crippen molar-refractivity contribution in [2.45, 2.75) is 39.4 Å². The highest BCUT2D eigenvalue weighted by Gasteiger charge is 2.14. The van der Waals surface area contributed by atoms with Crippen LogP contribution in [0, 0.1) is 0 Å². The van der Waals surface area contributed by atoms with Crippen LogP contribution in [-0.4, -0.2) is 31.3 Å². The van der Waals surface area contributed by atoms with Gasteiger partial charge in [-0.15, -0.1) is 0 Å². The lowest BCUT2D eigenvalue weighted by Crippen LogP contribution is -2.26. The Kier molecular flexibility index (Phi) is 5.43. The second-order valence-corrected chi connectivity index (χ2v) is 6.73. The van der Waals surface area contributed by atoms with Gasteiger partial charge in [0.1, 0.15) is 19.0 Å². The van der Waals surface area contributed by atoms with Gasteiger partial charge in [-0.3, -0.25) is 0 Å². The molecule has 0 aliphatic carbocycles. The van der Waals surface area contributed by atoms with Gasteiger partial charge in [-0.1, -0.05) is 12.1 Å². The van der Waals surface area contributed by atoms with Crippen LogP contribution in [0.25, 0.3) is 0 Å². The van der Waals surface area contributed by atoms with Crippen molar-refractivity contribution in [1.29, 1.82) is 0 Å². The lowest BCUT2D eigenvalue weighted by atomic mass is 10.1. The molecule has 0 saturated heterocycles. The molecule has 134 valence electrons. The maximum atomic E-state index is 5.66. The molecular weight excluding hydrogens is 314 g/mol. The van der Waals surface area contributed by atoms with E-state index in [1.807, 2.05) is 12.3 Å². The Morgan fingerprint density at radius 2 is 1.84 bits per heavy atom. The molecule has 25 heavy (non-hydrogen) atoms. The first-order chi connectivity index (χ1) is 12.0. The molecule has 5 nitrogen and oxygen atoms in total. The Hall–Kier alpha value is -2.27. The Morgan fingerprint density at radius 3 is 2.52 bits per heavy atom. The first kappa shape index (κ1) is 17.5. The van der Waals surface area contributed by atoms with Gasteiger partial charge in [0.2, 0.25) is 0 Å². The lowest BCUT2D eigenvalue weighted by molar-refractivity contribution is 0.171. The van der Waals surface area contributed by atoms with Gasteiger partial charge in [-0.2, -0.15) is 0 Å². The number of fused-ring (bicyclic) bond motifs is 1. The fourth-order valence-electron chi connectivity index (χ4n) is 2.71. The van der Waals surface area contributed by atoms with Crippen LogP contribution in [-0.2, 0) is 6.54 Å². The molecule has 0 fully saturated rings. The van der Waals surface area contributed by atoms with E-state index in [1.54, 1.807) is 0 Å². The average Bonchev–Trinajstić information content (AvgIpc) is 2.65. The molecule has 2 heterocycles. The van der Waals surface area contributed by atoms with Gasteiger partial charge in [0, 0.05) is 31.9 Å². The van der Waals surface area contributed by atoms with Crippen molar-refractivity contribution in [2.24, 2.45) is 0 Å². The molecule has 0 unspecified atom stereocenters. The van der Waals surface area contributed by atoms with Gasteiger partial charge in [0.25, 0.3) is 0 Å². The summed E-state index contributed by atoms with van der Waals surface area (Å²) in [5, 5.41) is 3.54. The molecule has 1 aliphatic rings. The molecule has 1 atom stereocenters. The zero-order valence-corrected chi connectivity index (χ0v) is 15.5. The lowest BCUT2D eigenvalue weighted by Gasteiger charge is -2.23. The van der Waals surface area contributed by atoms with E-state index in [0.29, 0.717) is 19.3 Å². The molecule has 0 saturated carbocycles. The van der Waals surface area contributed by atoms with Crippen LogP contribution in [0.1, 0.15) is 37.9 Å². The van der Waals surface area contributed by atoms with E-state index in [1.165, 1.54) is 11.1 Å². The smallest absolute Gasteiger partial charge is 0.161 e. The standard InChI is InChI=1S/C20H27N3O2/c1-14(2)23(4)20-8-5-16(13-22-20)12-21-15(3)17-6-7-18-19(11-17)25-10-9-24-18/h5-8,11,13-15,21H,9-10,12H2,1-4H3/t15-/m1/s1. The topological polar surface area (TPSA) is 46.6 Å². The molecular formula is C20H27N3O2. The molecule has 0 spiro atoms. The minimum Gasteiger partial charge on any atom is -0.486 e. The maximum absolute atomic E-state index is 5.66. The summed E-state index contributed by atoms with van der Waals surface area (Å²) in [5.41, 5.74) is 2.36. The van der Waals surface area contributed by atoms with E-state index in [2.05, 4.69) is 67.3 Å². The van der Waals surface area contributed by atoms with Crippen molar-refractivity contribution in [1.82, 2.24) is 10.3 Å². The van der Waals surface area contributed by atoms with Gasteiger partial charge in [0.05, 0.1) is 0 Å². The van der Waals surface area contributed by atoms with Crippen molar-refractivity contribution in [3.63, 3.8) is 0 Å². The number of hydrogen-bond acceptors (Lipinski definition) is 5. The van der Waals surface area contributed by atoms with Gasteiger partial charge < -0.3 is 19.7 Å². The second-order valence-electron chi connectivity index (χ2n) is 6.73. The number of benzene rings is 1. The molecule has 1 aromatic carbocycles. The zero-order valence-electron chi connectivity index (χ0n) is 15.5. The van der Waals surface area contributed by atoms with Gasteiger partial charge in [-0.25, -0.2) is 4.98 Å². The van der Waals surface area contributed by atoms with E-state index < -0.39 is 0 Å². The summed E-state index contributed by atoms with van der Waals surface area (Å²) in [6.45, 7) is 8.47. The Labute approximate surface area is 150 Å². The summed E-state index contributed by atoms with van der Waals surface area (Å²) >= 11 is 0. The predicted molar refractivity (Wildman–Crippen MR) is 100 cm³/mol. The number of ether oxygens (including phenoxy) is 2. The molecule has 5 heteroatoms. The third kappa shape index (κ3) is 4.23. The van der Waals surface area contributed by atoms with E-state index in [4.69, 9.17) is 9.47 Å². The minimum atomic E-state index is 0.217. The van der Waals surface area contributed by atoms with Crippen LogP contribution in [0.4, 0.5) is 5.82 Å². The highest BCUT2D eigenvalue weighted by molar-refractivity contribution is 5.44. The number of rotatable bonds is 6. The Morgan fingerprint density at radius 1 is 1.08 bits per heavy atom. The van der Waals surface area contributed by atoms with Crippen LogP contribution in [0.2, 0.25) is 0 Å². The third-order valence-corrected chi connectivity index (χ3v) is 4.62. The fraction of sp³-hybridized carbons (Fsp3) is 0.450. The van der Waals surface area contributed by atoms with Crippen LogP contribution >= 0.6 is 0 Å². The summed E-state index contributed by atoms with van der Waals surface area (Å²) in [7, 11) is 2.06. The molecule has 2 aromatic rings. The molecule has 0 radical (unpaired) electrons. The van der Waals surface area contributed by atoms with Gasteiger partial charge >= 0.3 is 0 Å². The van der Waals surface area contributed by atoms with E-state index in [-0.39, 0.29) is 6.04 Å². The Balaban J connectivity index is 1.59. The highest BCUT2D eigenvalue weighted by Crippen LogP contribution is 2.32. The monoisotopic (exact) mass is 341 g/mol. The largest absolute Gasteiger partial charge is 0.486 e. The predicted octanol–water partition coefficient (Wildman–Crippen LogP) is 3.55.